The van der Waals surface area contributed by atoms with Gasteiger partial charge in [-0.3, -0.25) is 19.2 Å². The zero-order valence-electron chi connectivity index (χ0n) is 23.7. The second kappa shape index (κ2) is 11.7. The molecular weight excluding hydrogens is 500 g/mol. The fourth-order valence-electron chi connectivity index (χ4n) is 5.61. The van der Waals surface area contributed by atoms with Gasteiger partial charge in [-0.05, 0) is 50.8 Å². The van der Waals surface area contributed by atoms with Crippen molar-refractivity contribution < 1.29 is 38.2 Å². The van der Waals surface area contributed by atoms with Gasteiger partial charge in [0.1, 0.15) is 18.0 Å². The predicted molar refractivity (Wildman–Crippen MR) is 143 cm³/mol. The van der Waals surface area contributed by atoms with Crippen LogP contribution in [0.3, 0.4) is 0 Å². The number of fused-ring (bicyclic) bond motifs is 1. The Morgan fingerprint density at radius 2 is 1.59 bits per heavy atom. The van der Waals surface area contributed by atoms with Crippen LogP contribution < -0.4 is 0 Å². The van der Waals surface area contributed by atoms with Gasteiger partial charge in [0.25, 0.3) is 0 Å². The summed E-state index contributed by atoms with van der Waals surface area (Å²) in [4.78, 5) is 64.3. The Bertz CT molecular complexity index is 1190. The minimum Gasteiger partial charge on any atom is -0.458 e. The molecule has 0 unspecified atom stereocenters. The van der Waals surface area contributed by atoms with Crippen molar-refractivity contribution in [3.05, 3.63) is 59.7 Å². The van der Waals surface area contributed by atoms with E-state index < -0.39 is 53.0 Å². The van der Waals surface area contributed by atoms with Crippen LogP contribution in [0.4, 0.5) is 0 Å². The molecule has 2 aliphatic rings. The topological polar surface area (TPSA) is 113 Å². The summed E-state index contributed by atoms with van der Waals surface area (Å²) < 4.78 is 18.0. The predicted octanol–water partition coefficient (Wildman–Crippen LogP) is 4.81. The number of allylic oxidation sites excluding steroid dienone is 2. The molecule has 8 nitrogen and oxygen atoms in total. The van der Waals surface area contributed by atoms with Crippen molar-refractivity contribution >= 4 is 29.5 Å². The zero-order valence-corrected chi connectivity index (χ0v) is 23.7. The Kier molecular flexibility index (Phi) is 8.98. The number of hydrogen-bond donors (Lipinski definition) is 0. The lowest BCUT2D eigenvalue weighted by Crippen LogP contribution is -2.55. The molecule has 6 atom stereocenters. The third-order valence-corrected chi connectivity index (χ3v) is 7.68. The number of carbonyl (C=O) groups excluding carboxylic acids is 5. The van der Waals surface area contributed by atoms with E-state index in [1.165, 1.54) is 13.8 Å². The molecule has 39 heavy (non-hydrogen) atoms. The lowest BCUT2D eigenvalue weighted by atomic mass is 9.75. The average Bonchev–Trinajstić information content (AvgIpc) is 3.10. The molecule has 0 N–H and O–H groups in total. The molecule has 0 radical (unpaired) electrons. The van der Waals surface area contributed by atoms with Crippen LogP contribution >= 0.6 is 0 Å². The van der Waals surface area contributed by atoms with Gasteiger partial charge in [-0.1, -0.05) is 50.3 Å². The molecule has 1 saturated carbocycles. The maximum absolute atomic E-state index is 13.2. The second-order valence-corrected chi connectivity index (χ2v) is 11.3. The van der Waals surface area contributed by atoms with Gasteiger partial charge in [-0.25, -0.2) is 4.79 Å². The summed E-state index contributed by atoms with van der Waals surface area (Å²) in [6, 6.07) is 8.50. The minimum absolute atomic E-state index is 0.209. The fraction of sp³-hybridized carbons (Fsp3) is 0.516. The van der Waals surface area contributed by atoms with Crippen LogP contribution in [0.25, 0.3) is 0 Å². The van der Waals surface area contributed by atoms with Gasteiger partial charge >= 0.3 is 17.9 Å². The van der Waals surface area contributed by atoms with E-state index >= 15 is 0 Å². The van der Waals surface area contributed by atoms with E-state index in [4.69, 9.17) is 14.2 Å². The first-order valence-corrected chi connectivity index (χ1v) is 13.2. The monoisotopic (exact) mass is 538 g/mol. The number of Topliss-reactive ketones (excluding diaryl/α,β-unsaturated/α-hetero) is 2. The van der Waals surface area contributed by atoms with Crippen LogP contribution in [-0.2, 0) is 33.4 Å². The van der Waals surface area contributed by atoms with Gasteiger partial charge in [-0.2, -0.15) is 0 Å². The van der Waals surface area contributed by atoms with Crippen molar-refractivity contribution in [1.82, 2.24) is 0 Å². The van der Waals surface area contributed by atoms with E-state index in [0.29, 0.717) is 5.56 Å². The lowest BCUT2D eigenvalue weighted by molar-refractivity contribution is -0.195. The zero-order chi connectivity index (χ0) is 29.1. The molecule has 210 valence electrons. The molecule has 0 aromatic heterocycles. The molecule has 1 aromatic carbocycles. The summed E-state index contributed by atoms with van der Waals surface area (Å²) >= 11 is 0. The maximum Gasteiger partial charge on any atom is 0.338 e. The maximum atomic E-state index is 13.2. The third kappa shape index (κ3) is 6.54. The molecule has 0 heterocycles. The van der Waals surface area contributed by atoms with Crippen LogP contribution in [0.1, 0.15) is 71.7 Å². The van der Waals surface area contributed by atoms with Gasteiger partial charge in [0.15, 0.2) is 11.4 Å². The number of hydrogen-bond acceptors (Lipinski definition) is 8. The number of benzene rings is 1. The normalized spacial score (nSPS) is 32.9. The molecule has 1 aromatic rings. The van der Waals surface area contributed by atoms with E-state index in [2.05, 4.69) is 0 Å². The Labute approximate surface area is 229 Å². The molecule has 8 heteroatoms. The first kappa shape index (κ1) is 30.0. The van der Waals surface area contributed by atoms with Gasteiger partial charge in [-0.15, -0.1) is 0 Å². The number of ketones is 2. The van der Waals surface area contributed by atoms with Crippen LogP contribution in [0.15, 0.2) is 54.1 Å². The summed E-state index contributed by atoms with van der Waals surface area (Å²) in [6.45, 7) is 11.2. The summed E-state index contributed by atoms with van der Waals surface area (Å²) in [5, 5.41) is 0. The number of ether oxygens (including phenoxy) is 3. The van der Waals surface area contributed by atoms with E-state index in [1.54, 1.807) is 69.3 Å². The molecular formula is C31H38O8. The first-order chi connectivity index (χ1) is 18.2. The standard InChI is InChI=1S/C31H38O8/c1-18-13-14-30(6,7)26(35)16-25(34)19(2)15-24-27(38-29(36)23-11-9-8-10-12-23)20(3)17-31(24,39-22(5)33)28(18)37-21(4)32/h8-15,18,20,24,27-28H,16-17H2,1-7H3/b14-13-,19-15-/t18-,20-,24+,27+,28-,31-/m1/s1. The van der Waals surface area contributed by atoms with Crippen LogP contribution in [0.5, 0.6) is 0 Å². The van der Waals surface area contributed by atoms with Crippen molar-refractivity contribution in [2.24, 2.45) is 23.2 Å². The first-order valence-electron chi connectivity index (χ1n) is 13.2. The van der Waals surface area contributed by atoms with Gasteiger partial charge in [0.05, 0.1) is 17.9 Å². The van der Waals surface area contributed by atoms with E-state index in [0.717, 1.165) is 0 Å². The highest BCUT2D eigenvalue weighted by atomic mass is 16.6. The van der Waals surface area contributed by atoms with Crippen molar-refractivity contribution in [3.63, 3.8) is 0 Å². The highest BCUT2D eigenvalue weighted by Gasteiger charge is 2.62. The van der Waals surface area contributed by atoms with Crippen LogP contribution in [0.2, 0.25) is 0 Å². The third-order valence-electron chi connectivity index (χ3n) is 7.68. The highest BCUT2D eigenvalue weighted by Crippen LogP contribution is 2.50. The minimum atomic E-state index is -1.45. The fourth-order valence-corrected chi connectivity index (χ4v) is 5.61. The Morgan fingerprint density at radius 3 is 2.18 bits per heavy atom. The smallest absolute Gasteiger partial charge is 0.338 e. The highest BCUT2D eigenvalue weighted by molar-refractivity contribution is 6.09. The van der Waals surface area contributed by atoms with Crippen molar-refractivity contribution in [1.29, 1.82) is 0 Å². The van der Waals surface area contributed by atoms with E-state index in [1.807, 2.05) is 13.8 Å². The van der Waals surface area contributed by atoms with Gasteiger partial charge in [0.2, 0.25) is 0 Å². The number of esters is 3. The molecule has 0 spiro atoms. The van der Waals surface area contributed by atoms with Crippen molar-refractivity contribution in [3.8, 4) is 0 Å². The number of carbonyl (C=O) groups is 5. The Morgan fingerprint density at radius 1 is 0.949 bits per heavy atom. The molecule has 2 aliphatic carbocycles. The summed E-state index contributed by atoms with van der Waals surface area (Å²) in [5.74, 6) is -4.06. The van der Waals surface area contributed by atoms with Crippen LogP contribution in [-0.4, -0.2) is 47.3 Å². The second-order valence-electron chi connectivity index (χ2n) is 11.3. The van der Waals surface area contributed by atoms with Crippen molar-refractivity contribution in [2.45, 2.75) is 79.1 Å². The Hall–Kier alpha value is -3.55. The summed E-state index contributed by atoms with van der Waals surface area (Å²) in [6.07, 6.45) is 3.17. The summed E-state index contributed by atoms with van der Waals surface area (Å²) in [5.41, 5.74) is -1.78. The van der Waals surface area contributed by atoms with Gasteiger partial charge in [0, 0.05) is 25.2 Å². The molecule has 3 rings (SSSR count). The lowest BCUT2D eigenvalue weighted by Gasteiger charge is -2.42. The number of rotatable bonds is 4. The molecule has 0 amide bonds. The summed E-state index contributed by atoms with van der Waals surface area (Å²) in [7, 11) is 0. The molecule has 0 aliphatic heterocycles. The van der Waals surface area contributed by atoms with E-state index in [9.17, 15) is 24.0 Å². The largest absolute Gasteiger partial charge is 0.458 e. The molecule has 0 bridgehead atoms. The van der Waals surface area contributed by atoms with Gasteiger partial charge < -0.3 is 14.2 Å². The molecule has 1 fully saturated rings. The average molecular weight is 539 g/mol. The van der Waals surface area contributed by atoms with Crippen molar-refractivity contribution in [2.75, 3.05) is 0 Å². The van der Waals surface area contributed by atoms with E-state index in [-0.39, 0.29) is 35.9 Å². The SMILES string of the molecule is CC(=O)O[C@@H]1[C@H](C)/C=C\C(C)(C)C(=O)CC(=O)/C(C)=C\[C@H]2[C@@H](OC(=O)c3ccccc3)[C@H](C)C[C@]12OC(C)=O. The quantitative estimate of drug-likeness (QED) is 0.232. The Balaban J connectivity index is 2.24. The molecule has 0 saturated heterocycles. The van der Waals surface area contributed by atoms with Crippen LogP contribution in [0, 0.1) is 23.2 Å².